The van der Waals surface area contributed by atoms with E-state index in [1.165, 1.54) is 0 Å². The number of aryl methyl sites for hydroxylation is 4. The number of nitrogens with zero attached hydrogens (tertiary/aromatic N) is 3. The molecule has 0 aliphatic rings. The highest BCUT2D eigenvalue weighted by atomic mass is 16.3. The fourth-order valence-corrected chi connectivity index (χ4v) is 2.28. The number of rotatable bonds is 4. The fraction of sp³-hybridized carbons (Fsp3) is 0.400. The van der Waals surface area contributed by atoms with Crippen LogP contribution < -0.4 is 10.6 Å². The van der Waals surface area contributed by atoms with Crippen LogP contribution in [-0.4, -0.2) is 25.9 Å². The molecule has 0 fully saturated rings. The number of hydrogen-bond donors (Lipinski definition) is 3. The molecule has 1 aromatic carbocycles. The monoisotopic (exact) mass is 303 g/mol. The van der Waals surface area contributed by atoms with E-state index < -0.39 is 0 Å². The van der Waals surface area contributed by atoms with Crippen LogP contribution in [0.15, 0.2) is 12.1 Å². The summed E-state index contributed by atoms with van der Waals surface area (Å²) in [6.07, 6.45) is 0. The van der Waals surface area contributed by atoms with E-state index in [0.29, 0.717) is 6.54 Å². The first-order valence-electron chi connectivity index (χ1n) is 7.03. The van der Waals surface area contributed by atoms with Gasteiger partial charge in [0.15, 0.2) is 0 Å². The van der Waals surface area contributed by atoms with Crippen LogP contribution in [0, 0.1) is 20.8 Å². The van der Waals surface area contributed by atoms with Crippen LogP contribution in [-0.2, 0) is 20.2 Å². The second-order valence-corrected chi connectivity index (χ2v) is 5.28. The maximum absolute atomic E-state index is 11.9. The summed E-state index contributed by atoms with van der Waals surface area (Å²) < 4.78 is 1.59. The zero-order valence-corrected chi connectivity index (χ0v) is 13.3. The summed E-state index contributed by atoms with van der Waals surface area (Å²) in [5, 5.41) is 18.7. The molecule has 0 saturated carbocycles. The molecule has 7 nitrogen and oxygen atoms in total. The van der Waals surface area contributed by atoms with Crippen molar-refractivity contribution in [1.82, 2.24) is 20.1 Å². The van der Waals surface area contributed by atoms with E-state index in [2.05, 4.69) is 20.7 Å². The molecule has 0 saturated heterocycles. The molecule has 2 aromatic rings. The summed E-state index contributed by atoms with van der Waals surface area (Å²) in [6.45, 7) is 6.16. The van der Waals surface area contributed by atoms with E-state index in [1.807, 2.05) is 32.9 Å². The number of nitrogens with one attached hydrogen (secondary N) is 2. The van der Waals surface area contributed by atoms with Crippen molar-refractivity contribution >= 4 is 12.0 Å². The maximum atomic E-state index is 11.9. The Labute approximate surface area is 129 Å². The summed E-state index contributed by atoms with van der Waals surface area (Å²) in [6, 6.07) is 3.49. The third kappa shape index (κ3) is 3.62. The third-order valence-electron chi connectivity index (χ3n) is 3.57. The number of amides is 2. The smallest absolute Gasteiger partial charge is 0.321 e. The zero-order valence-electron chi connectivity index (χ0n) is 13.3. The number of anilines is 1. The van der Waals surface area contributed by atoms with Crippen molar-refractivity contribution in [3.05, 3.63) is 40.2 Å². The Hall–Kier alpha value is -2.41. The van der Waals surface area contributed by atoms with Gasteiger partial charge >= 0.3 is 6.03 Å². The average Bonchev–Trinajstić information content (AvgIpc) is 2.75. The van der Waals surface area contributed by atoms with Crippen molar-refractivity contribution < 1.29 is 9.90 Å². The average molecular weight is 303 g/mol. The van der Waals surface area contributed by atoms with E-state index in [1.54, 1.807) is 11.7 Å². The van der Waals surface area contributed by atoms with Crippen LogP contribution in [0.4, 0.5) is 10.7 Å². The molecule has 0 atom stereocenters. The number of hydrogen-bond acceptors (Lipinski definition) is 4. The Morgan fingerprint density at radius 3 is 2.41 bits per heavy atom. The highest BCUT2D eigenvalue weighted by molar-refractivity contribution is 5.87. The van der Waals surface area contributed by atoms with Crippen LogP contribution in [0.3, 0.4) is 0 Å². The summed E-state index contributed by atoms with van der Waals surface area (Å²) in [4.78, 5) is 16.0. The summed E-state index contributed by atoms with van der Waals surface area (Å²) in [5.74, 6) is 1.00. The first kappa shape index (κ1) is 16.0. The molecule has 2 rings (SSSR count). The number of aromatic nitrogens is 3. The topological polar surface area (TPSA) is 92.1 Å². The minimum Gasteiger partial charge on any atom is -0.392 e. The Kier molecular flexibility index (Phi) is 4.77. The lowest BCUT2D eigenvalue weighted by atomic mass is 9.99. The van der Waals surface area contributed by atoms with Crippen molar-refractivity contribution in [2.45, 2.75) is 33.9 Å². The molecule has 0 bridgehead atoms. The lowest BCUT2D eigenvalue weighted by Gasteiger charge is -2.13. The molecule has 0 aliphatic carbocycles. The second kappa shape index (κ2) is 6.57. The van der Waals surface area contributed by atoms with E-state index in [0.717, 1.165) is 28.1 Å². The first-order chi connectivity index (χ1) is 10.4. The van der Waals surface area contributed by atoms with Gasteiger partial charge in [-0.1, -0.05) is 12.1 Å². The van der Waals surface area contributed by atoms with Crippen LogP contribution in [0.2, 0.25) is 0 Å². The molecule has 0 radical (unpaired) electrons. The molecule has 0 spiro atoms. The Morgan fingerprint density at radius 2 is 1.91 bits per heavy atom. The number of benzene rings is 1. The Balaban J connectivity index is 1.99. The number of carbonyl (C=O) groups is 1. The molecule has 1 heterocycles. The first-order valence-corrected chi connectivity index (χ1v) is 7.03. The number of carbonyl (C=O) groups excluding carboxylic acids is 1. The van der Waals surface area contributed by atoms with Gasteiger partial charge in [-0.25, -0.2) is 4.79 Å². The molecule has 2 amide bonds. The highest BCUT2D eigenvalue weighted by Gasteiger charge is 2.10. The third-order valence-corrected chi connectivity index (χ3v) is 3.57. The number of aliphatic hydroxyl groups excluding tert-OH is 1. The lowest BCUT2D eigenvalue weighted by molar-refractivity contribution is 0.251. The van der Waals surface area contributed by atoms with Crippen LogP contribution >= 0.6 is 0 Å². The SMILES string of the molecule is Cc1cc(CO)cc(C)c1CNC(=O)Nc1nc(C)n(C)n1. The number of aliphatic hydroxyl groups is 1. The van der Waals surface area contributed by atoms with E-state index in [9.17, 15) is 9.90 Å². The largest absolute Gasteiger partial charge is 0.392 e. The standard InChI is InChI=1S/C15H21N5O2/c1-9-5-12(8-21)6-10(2)13(9)7-16-15(22)18-14-17-11(3)20(4)19-14/h5-6,21H,7-8H2,1-4H3,(H2,16,18,19,22). The molecule has 7 heteroatoms. The summed E-state index contributed by atoms with van der Waals surface area (Å²) in [7, 11) is 1.76. The van der Waals surface area contributed by atoms with Gasteiger partial charge in [-0.05, 0) is 43.0 Å². The Morgan fingerprint density at radius 1 is 1.27 bits per heavy atom. The zero-order chi connectivity index (χ0) is 16.3. The molecular formula is C15H21N5O2. The minimum atomic E-state index is -0.351. The minimum absolute atomic E-state index is 0.0145. The fourth-order valence-electron chi connectivity index (χ4n) is 2.28. The van der Waals surface area contributed by atoms with Crippen LogP contribution in [0.25, 0.3) is 0 Å². The molecule has 118 valence electrons. The summed E-state index contributed by atoms with van der Waals surface area (Å²) in [5.41, 5.74) is 3.99. The molecule has 0 unspecified atom stereocenters. The Bertz CT molecular complexity index is 651. The van der Waals surface area contributed by atoms with Crippen molar-refractivity contribution in [3.63, 3.8) is 0 Å². The van der Waals surface area contributed by atoms with Gasteiger partial charge in [-0.15, -0.1) is 5.10 Å². The van der Waals surface area contributed by atoms with E-state index in [4.69, 9.17) is 0 Å². The molecule has 22 heavy (non-hydrogen) atoms. The van der Waals surface area contributed by atoms with Gasteiger partial charge in [-0.2, -0.15) is 4.98 Å². The van der Waals surface area contributed by atoms with Gasteiger partial charge in [-0.3, -0.25) is 10.00 Å². The maximum Gasteiger partial charge on any atom is 0.321 e. The van der Waals surface area contributed by atoms with Crippen molar-refractivity contribution in [2.75, 3.05) is 5.32 Å². The normalized spacial score (nSPS) is 10.6. The van der Waals surface area contributed by atoms with E-state index in [-0.39, 0.29) is 18.6 Å². The summed E-state index contributed by atoms with van der Waals surface area (Å²) >= 11 is 0. The highest BCUT2D eigenvalue weighted by Crippen LogP contribution is 2.16. The molecular weight excluding hydrogens is 282 g/mol. The quantitative estimate of drug-likeness (QED) is 0.799. The number of urea groups is 1. The molecule has 3 N–H and O–H groups in total. The van der Waals surface area contributed by atoms with Gasteiger partial charge < -0.3 is 10.4 Å². The van der Waals surface area contributed by atoms with Gasteiger partial charge in [0.2, 0.25) is 5.95 Å². The van der Waals surface area contributed by atoms with Crippen molar-refractivity contribution in [1.29, 1.82) is 0 Å². The van der Waals surface area contributed by atoms with Crippen LogP contribution in [0.5, 0.6) is 0 Å². The predicted octanol–water partition coefficient (Wildman–Crippen LogP) is 1.55. The van der Waals surface area contributed by atoms with E-state index >= 15 is 0 Å². The van der Waals surface area contributed by atoms with Gasteiger partial charge in [0.25, 0.3) is 0 Å². The second-order valence-electron chi connectivity index (χ2n) is 5.28. The van der Waals surface area contributed by atoms with Crippen LogP contribution in [0.1, 0.15) is 28.1 Å². The van der Waals surface area contributed by atoms with Gasteiger partial charge in [0.05, 0.1) is 6.61 Å². The van der Waals surface area contributed by atoms with Gasteiger partial charge in [0, 0.05) is 13.6 Å². The predicted molar refractivity (Wildman–Crippen MR) is 83.4 cm³/mol. The van der Waals surface area contributed by atoms with Gasteiger partial charge in [0.1, 0.15) is 5.82 Å². The molecule has 1 aromatic heterocycles. The van der Waals surface area contributed by atoms with Crippen molar-refractivity contribution in [2.24, 2.45) is 7.05 Å². The van der Waals surface area contributed by atoms with Crippen molar-refractivity contribution in [3.8, 4) is 0 Å². The molecule has 0 aliphatic heterocycles. The lowest BCUT2D eigenvalue weighted by Crippen LogP contribution is -2.29.